The lowest BCUT2D eigenvalue weighted by molar-refractivity contribution is 0.670. The second kappa shape index (κ2) is 11.3. The molecule has 5 heteroatoms. The smallest absolute Gasteiger partial charge is 0.136 e. The number of fused-ring (bicyclic) bond motifs is 7. The van der Waals surface area contributed by atoms with Crippen molar-refractivity contribution in [3.05, 3.63) is 157 Å². The van der Waals surface area contributed by atoms with Crippen molar-refractivity contribution in [2.45, 2.75) is 0 Å². The number of hydrogen-bond donors (Lipinski definition) is 0. The Morgan fingerprint density at radius 2 is 0.796 bits per heavy atom. The Bertz CT molecular complexity index is 2640. The van der Waals surface area contributed by atoms with E-state index in [2.05, 4.69) is 131 Å². The van der Waals surface area contributed by atoms with Gasteiger partial charge in [-0.25, -0.2) is 0 Å². The first kappa shape index (κ1) is 28.2. The molecule has 0 atom stereocenters. The summed E-state index contributed by atoms with van der Waals surface area (Å²) in [5, 5.41) is 25.4. The second-order valence-electron chi connectivity index (χ2n) is 12.1. The van der Waals surface area contributed by atoms with Crippen LogP contribution in [0.2, 0.25) is 0 Å². The van der Waals surface area contributed by atoms with Crippen LogP contribution in [0.5, 0.6) is 0 Å². The number of furan rings is 1. The molecule has 0 aliphatic heterocycles. The van der Waals surface area contributed by atoms with Gasteiger partial charge in [0.05, 0.1) is 11.1 Å². The molecule has 0 amide bonds. The van der Waals surface area contributed by atoms with Crippen LogP contribution in [0.25, 0.3) is 88.0 Å². The van der Waals surface area contributed by atoms with Crippen LogP contribution in [0, 0.1) is 22.7 Å². The molecule has 0 radical (unpaired) electrons. The van der Waals surface area contributed by atoms with Crippen LogP contribution in [0.15, 0.2) is 151 Å². The normalized spacial score (nSPS) is 11.2. The molecule has 9 aromatic rings. The Morgan fingerprint density at radius 1 is 0.408 bits per heavy atom. The number of nitrogens with zero attached hydrogens (tertiary/aromatic N) is 4. The summed E-state index contributed by atoms with van der Waals surface area (Å²) < 4.78 is 6.75. The molecule has 0 fully saturated rings. The van der Waals surface area contributed by atoms with E-state index in [1.54, 1.807) is 24.8 Å². The van der Waals surface area contributed by atoms with Crippen molar-refractivity contribution >= 4 is 43.5 Å². The Hall–Kier alpha value is -7.08. The SMILES string of the molecule is N#Cc1cncc(-c2ccc(-c3cc4oc5cc(-c6ccc(-c7cncc(C#N)c7)cc6)c6ccccc6c5c4c4ccccc34)cc2)c1. The molecular weight excluding hydrogens is 601 g/mol. The highest BCUT2D eigenvalue weighted by Gasteiger charge is 2.19. The minimum absolute atomic E-state index is 0.537. The third-order valence-electron chi connectivity index (χ3n) is 9.28. The zero-order chi connectivity index (χ0) is 32.9. The number of pyridine rings is 2. The van der Waals surface area contributed by atoms with Gasteiger partial charge in [0.1, 0.15) is 23.3 Å². The minimum atomic E-state index is 0.537. The molecule has 3 aromatic heterocycles. The van der Waals surface area contributed by atoms with E-state index in [0.29, 0.717) is 11.1 Å². The van der Waals surface area contributed by atoms with Gasteiger partial charge in [-0.3, -0.25) is 9.97 Å². The summed E-state index contributed by atoms with van der Waals surface area (Å²) in [6.45, 7) is 0. The van der Waals surface area contributed by atoms with Crippen molar-refractivity contribution in [3.8, 4) is 56.6 Å². The lowest BCUT2D eigenvalue weighted by Gasteiger charge is -2.11. The quantitative estimate of drug-likeness (QED) is 0.194. The fourth-order valence-electron chi connectivity index (χ4n) is 6.97. The van der Waals surface area contributed by atoms with Gasteiger partial charge in [-0.15, -0.1) is 0 Å². The third-order valence-corrected chi connectivity index (χ3v) is 9.28. The standard InChI is InChI=1S/C44H24N4O/c45-21-27-17-33(25-47-23-27)29-9-13-31(14-10-29)39-19-41-43(37-7-3-1-5-35(37)39)44-38-8-4-2-6-36(38)40(20-42(44)49-41)32-15-11-30(12-16-32)34-18-28(22-46)24-48-26-34/h1-20,23-26H. The third kappa shape index (κ3) is 4.69. The maximum atomic E-state index is 9.33. The number of hydrogen-bond acceptors (Lipinski definition) is 5. The van der Waals surface area contributed by atoms with E-state index in [1.807, 2.05) is 12.1 Å². The predicted molar refractivity (Wildman–Crippen MR) is 195 cm³/mol. The van der Waals surface area contributed by atoms with E-state index in [4.69, 9.17) is 4.42 Å². The first-order valence-corrected chi connectivity index (χ1v) is 15.9. The maximum absolute atomic E-state index is 9.33. The summed E-state index contributed by atoms with van der Waals surface area (Å²) in [5.74, 6) is 0. The zero-order valence-corrected chi connectivity index (χ0v) is 26.1. The van der Waals surface area contributed by atoms with Gasteiger partial charge in [-0.05, 0) is 79.2 Å². The van der Waals surface area contributed by atoms with Gasteiger partial charge in [0.25, 0.3) is 0 Å². The topological polar surface area (TPSA) is 86.5 Å². The van der Waals surface area contributed by atoms with E-state index in [1.165, 1.54) is 0 Å². The van der Waals surface area contributed by atoms with Crippen molar-refractivity contribution in [2.75, 3.05) is 0 Å². The van der Waals surface area contributed by atoms with Crippen LogP contribution < -0.4 is 0 Å². The average Bonchev–Trinajstić information content (AvgIpc) is 3.56. The summed E-state index contributed by atoms with van der Waals surface area (Å²) in [7, 11) is 0. The second-order valence-corrected chi connectivity index (χ2v) is 12.1. The van der Waals surface area contributed by atoms with Gasteiger partial charge >= 0.3 is 0 Å². The summed E-state index contributed by atoms with van der Waals surface area (Å²) in [4.78, 5) is 8.46. The molecule has 3 heterocycles. The fourth-order valence-corrected chi connectivity index (χ4v) is 6.97. The van der Waals surface area contributed by atoms with Gasteiger partial charge in [0, 0.05) is 46.7 Å². The largest absolute Gasteiger partial charge is 0.456 e. The summed E-state index contributed by atoms with van der Waals surface area (Å²) >= 11 is 0. The average molecular weight is 625 g/mol. The highest BCUT2D eigenvalue weighted by atomic mass is 16.3. The maximum Gasteiger partial charge on any atom is 0.136 e. The van der Waals surface area contributed by atoms with Crippen LogP contribution >= 0.6 is 0 Å². The molecular formula is C44H24N4O. The number of aromatic nitrogens is 2. The first-order valence-electron chi connectivity index (χ1n) is 15.9. The summed E-state index contributed by atoms with van der Waals surface area (Å²) in [6, 6.07) is 46.2. The van der Waals surface area contributed by atoms with Crippen LogP contribution in [0.1, 0.15) is 11.1 Å². The van der Waals surface area contributed by atoms with E-state index in [0.717, 1.165) is 88.0 Å². The van der Waals surface area contributed by atoms with E-state index in [9.17, 15) is 10.5 Å². The van der Waals surface area contributed by atoms with Crippen LogP contribution in [-0.4, -0.2) is 9.97 Å². The fraction of sp³-hybridized carbons (Fsp3) is 0. The Balaban J connectivity index is 1.21. The molecule has 0 spiro atoms. The van der Waals surface area contributed by atoms with Gasteiger partial charge in [-0.2, -0.15) is 10.5 Å². The number of rotatable bonds is 4. The van der Waals surface area contributed by atoms with Crippen LogP contribution in [0.3, 0.4) is 0 Å². The monoisotopic (exact) mass is 624 g/mol. The van der Waals surface area contributed by atoms with Gasteiger partial charge in [0.15, 0.2) is 0 Å². The van der Waals surface area contributed by atoms with Gasteiger partial charge in [-0.1, -0.05) is 97.1 Å². The van der Waals surface area contributed by atoms with Crippen molar-refractivity contribution < 1.29 is 4.42 Å². The summed E-state index contributed by atoms with van der Waals surface area (Å²) in [6.07, 6.45) is 6.71. The Labute approximate surface area is 281 Å². The van der Waals surface area contributed by atoms with Gasteiger partial charge < -0.3 is 4.42 Å². The Morgan fingerprint density at radius 3 is 1.20 bits per heavy atom. The summed E-state index contributed by atoms with van der Waals surface area (Å²) in [5.41, 5.74) is 10.9. The minimum Gasteiger partial charge on any atom is -0.456 e. The van der Waals surface area contributed by atoms with Crippen LogP contribution in [0.4, 0.5) is 0 Å². The molecule has 0 aliphatic carbocycles. The molecule has 0 N–H and O–H groups in total. The van der Waals surface area contributed by atoms with Crippen molar-refractivity contribution in [1.29, 1.82) is 10.5 Å². The molecule has 49 heavy (non-hydrogen) atoms. The highest BCUT2D eigenvalue weighted by Crippen LogP contribution is 2.45. The number of nitriles is 2. The molecule has 0 bridgehead atoms. The van der Waals surface area contributed by atoms with Crippen LogP contribution in [-0.2, 0) is 0 Å². The molecule has 6 aromatic carbocycles. The molecule has 5 nitrogen and oxygen atoms in total. The highest BCUT2D eigenvalue weighted by molar-refractivity contribution is 6.29. The molecule has 9 rings (SSSR count). The van der Waals surface area contributed by atoms with E-state index >= 15 is 0 Å². The lowest BCUT2D eigenvalue weighted by Crippen LogP contribution is -1.86. The number of benzene rings is 6. The molecule has 0 aliphatic rings. The van der Waals surface area contributed by atoms with E-state index < -0.39 is 0 Å². The lowest BCUT2D eigenvalue weighted by atomic mass is 9.91. The van der Waals surface area contributed by atoms with Crippen molar-refractivity contribution in [3.63, 3.8) is 0 Å². The zero-order valence-electron chi connectivity index (χ0n) is 26.1. The molecule has 0 saturated carbocycles. The van der Waals surface area contributed by atoms with Crippen molar-refractivity contribution in [1.82, 2.24) is 9.97 Å². The Kier molecular flexibility index (Phi) is 6.50. The van der Waals surface area contributed by atoms with E-state index in [-0.39, 0.29) is 0 Å². The molecule has 226 valence electrons. The first-order chi connectivity index (χ1) is 24.2. The van der Waals surface area contributed by atoms with Crippen molar-refractivity contribution in [2.24, 2.45) is 0 Å². The molecule has 0 unspecified atom stereocenters. The predicted octanol–water partition coefficient (Wildman–Crippen LogP) is 11.1. The van der Waals surface area contributed by atoms with Gasteiger partial charge in [0.2, 0.25) is 0 Å². The molecule has 0 saturated heterocycles.